The van der Waals surface area contributed by atoms with Crippen LogP contribution in [0.25, 0.3) is 10.9 Å². The fraction of sp³-hybridized carbons (Fsp3) is 0.586. The zero-order valence-electron chi connectivity index (χ0n) is 22.8. The monoisotopic (exact) mass is 542 g/mol. The van der Waals surface area contributed by atoms with E-state index in [1.165, 1.54) is 16.8 Å². The molecule has 38 heavy (non-hydrogen) atoms. The molecule has 1 aromatic heterocycles. The van der Waals surface area contributed by atoms with Crippen LogP contribution >= 0.6 is 0 Å². The van der Waals surface area contributed by atoms with Crippen molar-refractivity contribution >= 4 is 26.8 Å². The van der Waals surface area contributed by atoms with Gasteiger partial charge in [-0.05, 0) is 62.3 Å². The minimum atomic E-state index is -3.73. The standard InChI is InChI=1S/C29H42N4O4S/c1-4-13-32-21-26(29(35)30-12-9-14-31-19-22(2)17-23(3)20-31)28(34)25-18-24(10-11-27(25)32)38(36,37)33-15-7-5-6-8-16-33/h4,10-11,18,21-23H,1,5-9,12-17,19-20H2,2-3H3,(H,30,35)/t22-,23-/m0/s1. The number of carbonyl (C=O) groups is 1. The minimum absolute atomic E-state index is 0.0175. The molecule has 0 bridgehead atoms. The second kappa shape index (κ2) is 12.6. The Hall–Kier alpha value is -2.49. The third-order valence-electron chi connectivity index (χ3n) is 7.71. The van der Waals surface area contributed by atoms with Gasteiger partial charge in [0.25, 0.3) is 5.91 Å². The van der Waals surface area contributed by atoms with Crippen LogP contribution in [-0.2, 0) is 16.6 Å². The Morgan fingerprint density at radius 3 is 2.45 bits per heavy atom. The number of rotatable bonds is 9. The summed E-state index contributed by atoms with van der Waals surface area (Å²) in [6.45, 7) is 13.3. The van der Waals surface area contributed by atoms with Gasteiger partial charge in [0.05, 0.1) is 10.4 Å². The number of allylic oxidation sites excluding steroid dienone is 1. The predicted octanol–water partition coefficient (Wildman–Crippen LogP) is 3.85. The number of pyridine rings is 1. The zero-order chi connectivity index (χ0) is 27.3. The molecule has 4 rings (SSSR count). The number of nitrogens with zero attached hydrogens (tertiary/aromatic N) is 3. The third-order valence-corrected chi connectivity index (χ3v) is 9.60. The first-order valence-corrected chi connectivity index (χ1v) is 15.4. The average Bonchev–Trinajstić information content (AvgIpc) is 3.18. The lowest BCUT2D eigenvalue weighted by molar-refractivity contribution is 0.0945. The molecule has 2 aliphatic rings. The van der Waals surface area contributed by atoms with E-state index in [2.05, 4.69) is 30.6 Å². The number of fused-ring (bicyclic) bond motifs is 1. The molecule has 0 unspecified atom stereocenters. The highest BCUT2D eigenvalue weighted by Crippen LogP contribution is 2.24. The molecule has 208 valence electrons. The molecule has 3 heterocycles. The Morgan fingerprint density at radius 2 is 1.79 bits per heavy atom. The molecule has 0 radical (unpaired) electrons. The fourth-order valence-electron chi connectivity index (χ4n) is 5.99. The lowest BCUT2D eigenvalue weighted by atomic mass is 9.92. The van der Waals surface area contributed by atoms with Crippen LogP contribution in [0.4, 0.5) is 0 Å². The lowest BCUT2D eigenvalue weighted by Crippen LogP contribution is -2.40. The smallest absolute Gasteiger partial charge is 0.256 e. The van der Waals surface area contributed by atoms with Gasteiger partial charge in [-0.2, -0.15) is 4.31 Å². The molecule has 1 amide bonds. The summed E-state index contributed by atoms with van der Waals surface area (Å²) < 4.78 is 30.1. The fourth-order valence-corrected chi connectivity index (χ4v) is 7.54. The molecule has 9 heteroatoms. The first kappa shape index (κ1) is 28.5. The number of hydrogen-bond acceptors (Lipinski definition) is 5. The van der Waals surface area contributed by atoms with Gasteiger partial charge in [0, 0.05) is 50.9 Å². The summed E-state index contributed by atoms with van der Waals surface area (Å²) >= 11 is 0. The van der Waals surface area contributed by atoms with E-state index in [-0.39, 0.29) is 15.8 Å². The first-order chi connectivity index (χ1) is 18.2. The molecule has 2 fully saturated rings. The van der Waals surface area contributed by atoms with E-state index in [0.29, 0.717) is 43.5 Å². The van der Waals surface area contributed by atoms with Gasteiger partial charge in [0.1, 0.15) is 5.56 Å². The van der Waals surface area contributed by atoms with Gasteiger partial charge >= 0.3 is 0 Å². The molecule has 0 aliphatic carbocycles. The highest BCUT2D eigenvalue weighted by atomic mass is 32.2. The van der Waals surface area contributed by atoms with Gasteiger partial charge in [-0.15, -0.1) is 6.58 Å². The van der Waals surface area contributed by atoms with Crippen LogP contribution in [0.1, 0.15) is 62.7 Å². The van der Waals surface area contributed by atoms with Crippen molar-refractivity contribution in [3.8, 4) is 0 Å². The second-order valence-electron chi connectivity index (χ2n) is 11.1. The Labute approximate surface area is 226 Å². The Bertz CT molecular complexity index is 1300. The number of amides is 1. The van der Waals surface area contributed by atoms with Crippen LogP contribution in [0.15, 0.2) is 46.7 Å². The maximum atomic E-state index is 13.5. The van der Waals surface area contributed by atoms with Crippen molar-refractivity contribution < 1.29 is 13.2 Å². The highest BCUT2D eigenvalue weighted by molar-refractivity contribution is 7.89. The summed E-state index contributed by atoms with van der Waals surface area (Å²) in [6.07, 6.45) is 9.01. The Kier molecular flexibility index (Phi) is 9.44. The summed E-state index contributed by atoms with van der Waals surface area (Å²) in [6, 6.07) is 4.66. The predicted molar refractivity (Wildman–Crippen MR) is 152 cm³/mol. The summed E-state index contributed by atoms with van der Waals surface area (Å²) in [4.78, 5) is 29.1. The van der Waals surface area contributed by atoms with Crippen LogP contribution in [0, 0.1) is 11.8 Å². The molecule has 2 aromatic rings. The Balaban J connectivity index is 1.55. The molecule has 1 aromatic carbocycles. The van der Waals surface area contributed by atoms with Crippen molar-refractivity contribution in [2.45, 2.75) is 63.8 Å². The summed E-state index contributed by atoms with van der Waals surface area (Å²) in [5, 5.41) is 3.14. The number of nitrogens with one attached hydrogen (secondary N) is 1. The van der Waals surface area contributed by atoms with E-state index in [1.807, 2.05) is 0 Å². The number of sulfonamides is 1. The van der Waals surface area contributed by atoms with Crippen molar-refractivity contribution in [3.05, 3.63) is 52.8 Å². The normalized spacial score (nSPS) is 21.7. The molecule has 2 saturated heterocycles. The number of aromatic nitrogens is 1. The van der Waals surface area contributed by atoms with Crippen LogP contribution in [-0.4, -0.2) is 67.4 Å². The van der Waals surface area contributed by atoms with Crippen molar-refractivity contribution in [2.24, 2.45) is 11.8 Å². The van der Waals surface area contributed by atoms with E-state index in [1.54, 1.807) is 29.0 Å². The summed E-state index contributed by atoms with van der Waals surface area (Å²) in [5.74, 6) is 0.931. The second-order valence-corrected chi connectivity index (χ2v) is 13.1. The first-order valence-electron chi connectivity index (χ1n) is 14.0. The van der Waals surface area contributed by atoms with E-state index in [0.717, 1.165) is 51.7 Å². The molecule has 0 saturated carbocycles. The van der Waals surface area contributed by atoms with E-state index >= 15 is 0 Å². The minimum Gasteiger partial charge on any atom is -0.352 e. The SMILES string of the molecule is C=CCn1cc(C(=O)NCCCN2C[C@@H](C)C[C@H](C)C2)c(=O)c2cc(S(=O)(=O)N3CCCCCC3)ccc21. The van der Waals surface area contributed by atoms with Crippen LogP contribution < -0.4 is 10.7 Å². The van der Waals surface area contributed by atoms with Gasteiger partial charge in [0.15, 0.2) is 0 Å². The maximum Gasteiger partial charge on any atom is 0.256 e. The van der Waals surface area contributed by atoms with Crippen LogP contribution in [0.2, 0.25) is 0 Å². The summed E-state index contributed by atoms with van der Waals surface area (Å²) in [5.41, 5.74) is 0.142. The molecule has 0 spiro atoms. The van der Waals surface area contributed by atoms with Crippen LogP contribution in [0.5, 0.6) is 0 Å². The number of carbonyl (C=O) groups excluding carboxylic acids is 1. The third kappa shape index (κ3) is 6.55. The van der Waals surface area contributed by atoms with Gasteiger partial charge in [-0.3, -0.25) is 9.59 Å². The number of likely N-dealkylation sites (tertiary alicyclic amines) is 1. The van der Waals surface area contributed by atoms with E-state index in [9.17, 15) is 18.0 Å². The molecule has 2 atom stereocenters. The lowest BCUT2D eigenvalue weighted by Gasteiger charge is -2.34. The molecular weight excluding hydrogens is 500 g/mol. The van der Waals surface area contributed by atoms with Crippen molar-refractivity contribution in [3.63, 3.8) is 0 Å². The number of hydrogen-bond donors (Lipinski definition) is 1. The van der Waals surface area contributed by atoms with E-state index in [4.69, 9.17) is 0 Å². The molecule has 8 nitrogen and oxygen atoms in total. The highest BCUT2D eigenvalue weighted by Gasteiger charge is 2.26. The quantitative estimate of drug-likeness (QED) is 0.384. The summed E-state index contributed by atoms with van der Waals surface area (Å²) in [7, 11) is -3.73. The van der Waals surface area contributed by atoms with Crippen molar-refractivity contribution in [1.29, 1.82) is 0 Å². The topological polar surface area (TPSA) is 91.7 Å². The van der Waals surface area contributed by atoms with E-state index < -0.39 is 21.4 Å². The van der Waals surface area contributed by atoms with Gasteiger partial charge < -0.3 is 14.8 Å². The Morgan fingerprint density at radius 1 is 1.11 bits per heavy atom. The number of piperidine rings is 1. The van der Waals surface area contributed by atoms with Gasteiger partial charge in [0.2, 0.25) is 15.5 Å². The van der Waals surface area contributed by atoms with Crippen molar-refractivity contribution in [2.75, 3.05) is 39.3 Å². The van der Waals surface area contributed by atoms with Crippen LogP contribution in [0.3, 0.4) is 0 Å². The molecule has 1 N–H and O–H groups in total. The van der Waals surface area contributed by atoms with Crippen molar-refractivity contribution in [1.82, 2.24) is 19.1 Å². The number of benzene rings is 1. The largest absolute Gasteiger partial charge is 0.352 e. The molecule has 2 aliphatic heterocycles. The van der Waals surface area contributed by atoms with Gasteiger partial charge in [-0.1, -0.05) is 32.8 Å². The molecular formula is C29H42N4O4S. The zero-order valence-corrected chi connectivity index (χ0v) is 23.6. The average molecular weight is 543 g/mol. The van der Waals surface area contributed by atoms with Gasteiger partial charge in [-0.25, -0.2) is 8.42 Å². The maximum absolute atomic E-state index is 13.5.